The predicted octanol–water partition coefficient (Wildman–Crippen LogP) is 1.46. The van der Waals surface area contributed by atoms with Crippen LogP contribution < -0.4 is 10.6 Å². The van der Waals surface area contributed by atoms with E-state index in [9.17, 15) is 0 Å². The quantitative estimate of drug-likeness (QED) is 0.870. The first-order valence-electron chi connectivity index (χ1n) is 5.67. The summed E-state index contributed by atoms with van der Waals surface area (Å²) in [6.07, 6.45) is 3.36. The standard InChI is InChI=1S/C11H19N3OS/c1-8-3-4-14(7-10(8)15-2)11-13-6-9(5-12)16-11/h6,8,10H,3-5,7,12H2,1-2H3. The molecule has 0 aliphatic carbocycles. The average Bonchev–Trinajstić information content (AvgIpc) is 2.78. The molecule has 0 spiro atoms. The highest BCUT2D eigenvalue weighted by atomic mass is 32.1. The molecule has 1 aliphatic heterocycles. The Balaban J connectivity index is 2.05. The molecule has 2 N–H and O–H groups in total. The van der Waals surface area contributed by atoms with E-state index in [2.05, 4.69) is 16.8 Å². The van der Waals surface area contributed by atoms with Gasteiger partial charge in [-0.25, -0.2) is 4.98 Å². The molecule has 1 fully saturated rings. The number of piperidine rings is 1. The summed E-state index contributed by atoms with van der Waals surface area (Å²) in [6.45, 7) is 4.84. The summed E-state index contributed by atoms with van der Waals surface area (Å²) in [5, 5.41) is 1.08. The predicted molar refractivity (Wildman–Crippen MR) is 66.8 cm³/mol. The first kappa shape index (κ1) is 11.8. The van der Waals surface area contributed by atoms with Gasteiger partial charge in [0, 0.05) is 37.8 Å². The molecular weight excluding hydrogens is 222 g/mol. The maximum Gasteiger partial charge on any atom is 0.185 e. The van der Waals surface area contributed by atoms with E-state index in [0.29, 0.717) is 18.6 Å². The summed E-state index contributed by atoms with van der Waals surface area (Å²) >= 11 is 1.69. The normalized spacial score (nSPS) is 26.1. The van der Waals surface area contributed by atoms with Crippen LogP contribution in [0, 0.1) is 5.92 Å². The molecule has 1 saturated heterocycles. The van der Waals surface area contributed by atoms with E-state index in [1.807, 2.05) is 6.20 Å². The Morgan fingerprint density at radius 2 is 2.50 bits per heavy atom. The number of aromatic nitrogens is 1. The van der Waals surface area contributed by atoms with Crippen molar-refractivity contribution in [1.82, 2.24) is 4.98 Å². The molecule has 1 aromatic heterocycles. The van der Waals surface area contributed by atoms with Gasteiger partial charge in [-0.05, 0) is 12.3 Å². The van der Waals surface area contributed by atoms with Crippen molar-refractivity contribution in [3.05, 3.63) is 11.1 Å². The molecule has 16 heavy (non-hydrogen) atoms. The number of thiazole rings is 1. The summed E-state index contributed by atoms with van der Waals surface area (Å²) in [5.74, 6) is 0.634. The topological polar surface area (TPSA) is 51.4 Å². The monoisotopic (exact) mass is 241 g/mol. The van der Waals surface area contributed by atoms with Gasteiger partial charge in [-0.3, -0.25) is 0 Å². The maximum atomic E-state index is 5.60. The number of nitrogens with zero attached hydrogens (tertiary/aromatic N) is 2. The molecule has 90 valence electrons. The third-order valence-electron chi connectivity index (χ3n) is 3.21. The molecule has 2 rings (SSSR count). The van der Waals surface area contributed by atoms with Gasteiger partial charge >= 0.3 is 0 Å². The van der Waals surface area contributed by atoms with Crippen molar-refractivity contribution in [2.24, 2.45) is 11.7 Å². The van der Waals surface area contributed by atoms with Gasteiger partial charge < -0.3 is 15.4 Å². The molecule has 2 heterocycles. The van der Waals surface area contributed by atoms with Crippen LogP contribution in [0.2, 0.25) is 0 Å². The highest BCUT2D eigenvalue weighted by Gasteiger charge is 2.27. The second-order valence-electron chi connectivity index (χ2n) is 4.30. The number of rotatable bonds is 3. The Hall–Kier alpha value is -0.650. The molecule has 0 aromatic carbocycles. The van der Waals surface area contributed by atoms with E-state index in [1.165, 1.54) is 0 Å². The van der Waals surface area contributed by atoms with E-state index < -0.39 is 0 Å². The SMILES string of the molecule is COC1CN(c2ncc(CN)s2)CCC1C. The Morgan fingerprint density at radius 3 is 3.12 bits per heavy atom. The van der Waals surface area contributed by atoms with Gasteiger partial charge in [-0.15, -0.1) is 11.3 Å². The van der Waals surface area contributed by atoms with Crippen LogP contribution in [0.25, 0.3) is 0 Å². The fraction of sp³-hybridized carbons (Fsp3) is 0.727. The second-order valence-corrected chi connectivity index (χ2v) is 5.39. The molecule has 0 radical (unpaired) electrons. The minimum Gasteiger partial charge on any atom is -0.379 e. The number of hydrogen-bond donors (Lipinski definition) is 1. The zero-order valence-electron chi connectivity index (χ0n) is 9.85. The van der Waals surface area contributed by atoms with E-state index in [0.717, 1.165) is 29.5 Å². The van der Waals surface area contributed by atoms with Crippen LogP contribution in [0.4, 0.5) is 5.13 Å². The lowest BCUT2D eigenvalue weighted by Gasteiger charge is -2.36. The summed E-state index contributed by atoms with van der Waals surface area (Å²) in [7, 11) is 1.79. The molecule has 0 bridgehead atoms. The third kappa shape index (κ3) is 2.36. The van der Waals surface area contributed by atoms with Crippen LogP contribution in [0.1, 0.15) is 18.2 Å². The first-order chi connectivity index (χ1) is 7.74. The molecule has 0 saturated carbocycles. The van der Waals surface area contributed by atoms with E-state index in [-0.39, 0.29) is 0 Å². The number of hydrogen-bond acceptors (Lipinski definition) is 5. The average molecular weight is 241 g/mol. The summed E-state index contributed by atoms with van der Waals surface area (Å²) in [6, 6.07) is 0. The minimum absolute atomic E-state index is 0.318. The largest absolute Gasteiger partial charge is 0.379 e. The van der Waals surface area contributed by atoms with Crippen molar-refractivity contribution in [1.29, 1.82) is 0 Å². The lowest BCUT2D eigenvalue weighted by molar-refractivity contribution is 0.0498. The highest BCUT2D eigenvalue weighted by molar-refractivity contribution is 7.15. The molecular formula is C11H19N3OS. The minimum atomic E-state index is 0.318. The Bertz CT molecular complexity index is 342. The van der Waals surface area contributed by atoms with Gasteiger partial charge in [0.1, 0.15) is 0 Å². The molecule has 1 aromatic rings. The highest BCUT2D eigenvalue weighted by Crippen LogP contribution is 2.28. The zero-order valence-corrected chi connectivity index (χ0v) is 10.7. The van der Waals surface area contributed by atoms with Crippen molar-refractivity contribution in [3.8, 4) is 0 Å². The molecule has 2 unspecified atom stereocenters. The lowest BCUT2D eigenvalue weighted by Crippen LogP contribution is -2.43. The maximum absolute atomic E-state index is 5.60. The Morgan fingerprint density at radius 1 is 1.69 bits per heavy atom. The number of methoxy groups -OCH3 is 1. The van der Waals surface area contributed by atoms with Gasteiger partial charge in [0.15, 0.2) is 5.13 Å². The van der Waals surface area contributed by atoms with Crippen molar-refractivity contribution in [2.45, 2.75) is 26.0 Å². The fourth-order valence-corrected chi connectivity index (χ4v) is 2.88. The molecule has 1 aliphatic rings. The van der Waals surface area contributed by atoms with E-state index >= 15 is 0 Å². The van der Waals surface area contributed by atoms with E-state index in [1.54, 1.807) is 18.4 Å². The van der Waals surface area contributed by atoms with E-state index in [4.69, 9.17) is 10.5 Å². The van der Waals surface area contributed by atoms with Gasteiger partial charge in [0.25, 0.3) is 0 Å². The van der Waals surface area contributed by atoms with Crippen molar-refractivity contribution >= 4 is 16.5 Å². The second kappa shape index (κ2) is 5.12. The summed E-state index contributed by atoms with van der Waals surface area (Å²) in [5.41, 5.74) is 5.60. The van der Waals surface area contributed by atoms with Gasteiger partial charge in [0.2, 0.25) is 0 Å². The Labute approximate surface area is 100 Å². The molecule has 0 amide bonds. The molecule has 2 atom stereocenters. The van der Waals surface area contributed by atoms with Crippen molar-refractivity contribution in [3.63, 3.8) is 0 Å². The van der Waals surface area contributed by atoms with Crippen LogP contribution in [-0.2, 0) is 11.3 Å². The number of ether oxygens (including phenoxy) is 1. The van der Waals surface area contributed by atoms with Crippen LogP contribution in [0.5, 0.6) is 0 Å². The zero-order chi connectivity index (χ0) is 11.5. The summed E-state index contributed by atoms with van der Waals surface area (Å²) < 4.78 is 5.50. The van der Waals surface area contributed by atoms with Crippen molar-refractivity contribution < 1.29 is 4.74 Å². The lowest BCUT2D eigenvalue weighted by atomic mass is 9.96. The molecule has 4 nitrogen and oxygen atoms in total. The fourth-order valence-electron chi connectivity index (χ4n) is 2.05. The van der Waals surface area contributed by atoms with Crippen molar-refractivity contribution in [2.75, 3.05) is 25.1 Å². The smallest absolute Gasteiger partial charge is 0.185 e. The van der Waals surface area contributed by atoms with Gasteiger partial charge in [-0.2, -0.15) is 0 Å². The third-order valence-corrected chi connectivity index (χ3v) is 4.29. The first-order valence-corrected chi connectivity index (χ1v) is 6.48. The Kier molecular flexibility index (Phi) is 3.78. The van der Waals surface area contributed by atoms with Gasteiger partial charge in [0.05, 0.1) is 6.10 Å². The number of nitrogens with two attached hydrogens (primary N) is 1. The van der Waals surface area contributed by atoms with Crippen LogP contribution in [0.15, 0.2) is 6.20 Å². The molecule has 5 heteroatoms. The number of anilines is 1. The van der Waals surface area contributed by atoms with Crippen LogP contribution in [-0.4, -0.2) is 31.3 Å². The summed E-state index contributed by atoms with van der Waals surface area (Å²) in [4.78, 5) is 7.86. The van der Waals surface area contributed by atoms with Gasteiger partial charge in [-0.1, -0.05) is 6.92 Å². The van der Waals surface area contributed by atoms with Crippen LogP contribution in [0.3, 0.4) is 0 Å². The van der Waals surface area contributed by atoms with Crippen LogP contribution >= 0.6 is 11.3 Å².